The number of benzene rings is 1. The molecule has 0 heterocycles. The Hall–Kier alpha value is -2.94. The summed E-state index contributed by atoms with van der Waals surface area (Å²) in [6.07, 6.45) is 0.690. The Morgan fingerprint density at radius 2 is 1.59 bits per heavy atom. The highest BCUT2D eigenvalue weighted by atomic mass is 16.4. The fourth-order valence-electron chi connectivity index (χ4n) is 2.65. The predicted octanol–water partition coefficient (Wildman–Crippen LogP) is -0.207. The fraction of sp³-hybridized carbons (Fsp3) is 0.500. The SMILES string of the molecule is CC(C)CC(N)C(=O)NC(Cc1ccccc1)C(=O)NC(C)C(=O)NCC(=O)O. The molecular formula is C20H30N4O5. The monoisotopic (exact) mass is 406 g/mol. The lowest BCUT2D eigenvalue weighted by Gasteiger charge is -2.23. The molecule has 0 aliphatic rings. The Labute approximate surface area is 170 Å². The van der Waals surface area contributed by atoms with Crippen molar-refractivity contribution in [1.82, 2.24) is 16.0 Å². The molecule has 0 spiro atoms. The minimum atomic E-state index is -1.19. The Morgan fingerprint density at radius 1 is 0.966 bits per heavy atom. The number of amides is 3. The van der Waals surface area contributed by atoms with Crippen LogP contribution < -0.4 is 21.7 Å². The molecule has 3 atom stereocenters. The van der Waals surface area contributed by atoms with Gasteiger partial charge in [0, 0.05) is 6.42 Å². The number of hydrogen-bond acceptors (Lipinski definition) is 5. The van der Waals surface area contributed by atoms with E-state index in [-0.39, 0.29) is 12.3 Å². The second-order valence-corrected chi connectivity index (χ2v) is 7.33. The van der Waals surface area contributed by atoms with Crippen LogP contribution in [0.5, 0.6) is 0 Å². The normalized spacial score (nSPS) is 13.8. The van der Waals surface area contributed by atoms with E-state index in [0.717, 1.165) is 5.56 Å². The minimum Gasteiger partial charge on any atom is -0.480 e. The van der Waals surface area contributed by atoms with Crippen molar-refractivity contribution in [3.8, 4) is 0 Å². The van der Waals surface area contributed by atoms with E-state index >= 15 is 0 Å². The van der Waals surface area contributed by atoms with Crippen LogP contribution in [0.1, 0.15) is 32.8 Å². The third-order valence-electron chi connectivity index (χ3n) is 4.14. The number of nitrogens with two attached hydrogens (primary N) is 1. The molecule has 0 saturated heterocycles. The van der Waals surface area contributed by atoms with Crippen LogP contribution in [0.3, 0.4) is 0 Å². The molecule has 3 amide bonds. The number of nitrogens with one attached hydrogen (secondary N) is 3. The van der Waals surface area contributed by atoms with Gasteiger partial charge < -0.3 is 26.8 Å². The quantitative estimate of drug-likeness (QED) is 0.343. The molecule has 160 valence electrons. The van der Waals surface area contributed by atoms with Gasteiger partial charge >= 0.3 is 5.97 Å². The first-order chi connectivity index (χ1) is 13.6. The van der Waals surface area contributed by atoms with E-state index in [4.69, 9.17) is 10.8 Å². The summed E-state index contributed by atoms with van der Waals surface area (Å²) in [5.74, 6) is -2.61. The number of hydrogen-bond donors (Lipinski definition) is 5. The van der Waals surface area contributed by atoms with Crippen LogP contribution in [0.4, 0.5) is 0 Å². The fourth-order valence-corrected chi connectivity index (χ4v) is 2.65. The first-order valence-corrected chi connectivity index (χ1v) is 9.49. The topological polar surface area (TPSA) is 151 Å². The van der Waals surface area contributed by atoms with E-state index in [2.05, 4.69) is 16.0 Å². The molecule has 3 unspecified atom stereocenters. The zero-order valence-corrected chi connectivity index (χ0v) is 17.0. The van der Waals surface area contributed by atoms with Gasteiger partial charge in [0.2, 0.25) is 17.7 Å². The number of rotatable bonds is 11. The highest BCUT2D eigenvalue weighted by molar-refractivity contribution is 5.93. The molecule has 29 heavy (non-hydrogen) atoms. The number of carbonyl (C=O) groups excluding carboxylic acids is 3. The molecule has 0 radical (unpaired) electrons. The van der Waals surface area contributed by atoms with Crippen molar-refractivity contribution < 1.29 is 24.3 Å². The summed E-state index contributed by atoms with van der Waals surface area (Å²) in [7, 11) is 0. The molecule has 1 aromatic carbocycles. The van der Waals surface area contributed by atoms with Gasteiger partial charge in [-0.25, -0.2) is 0 Å². The van der Waals surface area contributed by atoms with Crippen LogP contribution in [0.2, 0.25) is 0 Å². The van der Waals surface area contributed by atoms with Crippen molar-refractivity contribution in [2.24, 2.45) is 11.7 Å². The first kappa shape index (κ1) is 24.1. The molecule has 0 bridgehead atoms. The highest BCUT2D eigenvalue weighted by Crippen LogP contribution is 2.07. The summed E-state index contributed by atoms with van der Waals surface area (Å²) in [5, 5.41) is 16.0. The van der Waals surface area contributed by atoms with E-state index in [9.17, 15) is 19.2 Å². The van der Waals surface area contributed by atoms with Crippen LogP contribution in [0.15, 0.2) is 30.3 Å². The highest BCUT2D eigenvalue weighted by Gasteiger charge is 2.27. The molecule has 9 heteroatoms. The summed E-state index contributed by atoms with van der Waals surface area (Å²) in [4.78, 5) is 47.6. The second-order valence-electron chi connectivity index (χ2n) is 7.33. The largest absolute Gasteiger partial charge is 0.480 e. The van der Waals surface area contributed by atoms with Crippen molar-refractivity contribution in [3.63, 3.8) is 0 Å². The van der Waals surface area contributed by atoms with Crippen molar-refractivity contribution in [3.05, 3.63) is 35.9 Å². The van der Waals surface area contributed by atoms with E-state index < -0.39 is 48.4 Å². The second kappa shape index (κ2) is 11.8. The van der Waals surface area contributed by atoms with Gasteiger partial charge in [0.25, 0.3) is 0 Å². The smallest absolute Gasteiger partial charge is 0.322 e. The Kier molecular flexibility index (Phi) is 9.81. The maximum Gasteiger partial charge on any atom is 0.322 e. The van der Waals surface area contributed by atoms with Crippen LogP contribution in [0.25, 0.3) is 0 Å². The van der Waals surface area contributed by atoms with Crippen LogP contribution in [0, 0.1) is 5.92 Å². The summed E-state index contributed by atoms with van der Waals surface area (Å²) in [6.45, 7) is 4.77. The lowest BCUT2D eigenvalue weighted by Crippen LogP contribution is -2.56. The Bertz CT molecular complexity index is 708. The summed E-state index contributed by atoms with van der Waals surface area (Å²) < 4.78 is 0. The summed E-state index contributed by atoms with van der Waals surface area (Å²) >= 11 is 0. The molecule has 1 aromatic rings. The van der Waals surface area contributed by atoms with Crippen molar-refractivity contribution in [2.45, 2.75) is 51.7 Å². The average molecular weight is 406 g/mol. The third kappa shape index (κ3) is 9.20. The lowest BCUT2D eigenvalue weighted by atomic mass is 10.0. The molecule has 0 aliphatic carbocycles. The zero-order valence-electron chi connectivity index (χ0n) is 17.0. The van der Waals surface area contributed by atoms with Crippen molar-refractivity contribution in [2.75, 3.05) is 6.54 Å². The molecule has 0 saturated carbocycles. The van der Waals surface area contributed by atoms with E-state index in [1.54, 1.807) is 0 Å². The van der Waals surface area contributed by atoms with Crippen molar-refractivity contribution >= 4 is 23.7 Å². The maximum atomic E-state index is 12.7. The molecular weight excluding hydrogens is 376 g/mol. The molecule has 0 fully saturated rings. The van der Waals surface area contributed by atoms with Gasteiger partial charge in [0.1, 0.15) is 18.6 Å². The third-order valence-corrected chi connectivity index (χ3v) is 4.14. The van der Waals surface area contributed by atoms with Gasteiger partial charge in [-0.3, -0.25) is 19.2 Å². The van der Waals surface area contributed by atoms with Gasteiger partial charge in [-0.15, -0.1) is 0 Å². The van der Waals surface area contributed by atoms with Crippen LogP contribution >= 0.6 is 0 Å². The number of carboxylic acid groups (broad SMARTS) is 1. The van der Waals surface area contributed by atoms with Gasteiger partial charge in [-0.1, -0.05) is 44.2 Å². The average Bonchev–Trinajstić information content (AvgIpc) is 2.65. The minimum absolute atomic E-state index is 0.218. The predicted molar refractivity (Wildman–Crippen MR) is 108 cm³/mol. The van der Waals surface area contributed by atoms with Crippen LogP contribution in [-0.4, -0.2) is 53.5 Å². The lowest BCUT2D eigenvalue weighted by molar-refractivity contribution is -0.138. The van der Waals surface area contributed by atoms with Gasteiger partial charge in [-0.05, 0) is 24.8 Å². The van der Waals surface area contributed by atoms with Gasteiger partial charge in [0.05, 0.1) is 6.04 Å². The Balaban J connectivity index is 2.83. The first-order valence-electron chi connectivity index (χ1n) is 9.49. The number of aliphatic carboxylic acids is 1. The van der Waals surface area contributed by atoms with Crippen LogP contribution in [-0.2, 0) is 25.6 Å². The molecule has 1 rings (SSSR count). The molecule has 0 aromatic heterocycles. The number of carboxylic acids is 1. The summed E-state index contributed by atoms with van der Waals surface area (Å²) in [5.41, 5.74) is 6.74. The Morgan fingerprint density at radius 3 is 2.14 bits per heavy atom. The van der Waals surface area contributed by atoms with E-state index in [0.29, 0.717) is 6.42 Å². The zero-order chi connectivity index (χ0) is 22.0. The molecule has 9 nitrogen and oxygen atoms in total. The maximum absolute atomic E-state index is 12.7. The standard InChI is InChI=1S/C20H30N4O5/c1-12(2)9-15(21)19(28)24-16(10-14-7-5-4-6-8-14)20(29)23-13(3)18(27)22-11-17(25)26/h4-8,12-13,15-16H,9-11,21H2,1-3H3,(H,22,27)(H,23,29)(H,24,28)(H,25,26). The number of carbonyl (C=O) groups is 4. The molecule has 6 N–H and O–H groups in total. The van der Waals surface area contributed by atoms with Gasteiger partial charge in [0.15, 0.2) is 0 Å². The van der Waals surface area contributed by atoms with E-state index in [1.807, 2.05) is 44.2 Å². The van der Waals surface area contributed by atoms with Gasteiger partial charge in [-0.2, -0.15) is 0 Å². The summed E-state index contributed by atoms with van der Waals surface area (Å²) in [6, 6.07) is 6.46. The van der Waals surface area contributed by atoms with Crippen molar-refractivity contribution in [1.29, 1.82) is 0 Å². The van der Waals surface area contributed by atoms with E-state index in [1.165, 1.54) is 6.92 Å². The molecule has 0 aliphatic heterocycles.